The maximum atomic E-state index is 13.7. The number of phenolic OH excluding ortho intramolecular Hbond substituents is 1. The molecule has 3 atom stereocenters. The number of nitrogens with one attached hydrogen (secondary N) is 2. The van der Waals surface area contributed by atoms with Crippen molar-refractivity contribution in [1.29, 1.82) is 0 Å². The number of aliphatic hydroxyl groups is 1. The minimum atomic E-state index is -1.60. The molecule has 1 saturated heterocycles. The van der Waals surface area contributed by atoms with E-state index in [9.17, 15) is 24.6 Å². The maximum Gasteiger partial charge on any atom is 0.254 e. The van der Waals surface area contributed by atoms with Gasteiger partial charge in [-0.2, -0.15) is 0 Å². The van der Waals surface area contributed by atoms with Gasteiger partial charge in [-0.15, -0.1) is 11.8 Å². The SMILES string of the molecule is CCCC=CCNC(=O)C1N(C(=O)[C@@H](O)[C@H](Cc2ccccc2)NC(=O)c2cccc(O)c2C)CSC1(C)C. The van der Waals surface area contributed by atoms with E-state index in [1.807, 2.05) is 56.3 Å². The normalized spacial score (nSPS) is 18.1. The largest absolute Gasteiger partial charge is 0.508 e. The van der Waals surface area contributed by atoms with Crippen molar-refractivity contribution >= 4 is 29.5 Å². The highest BCUT2D eigenvalue weighted by atomic mass is 32.2. The number of unbranched alkanes of at least 4 members (excludes halogenated alkanes) is 1. The molecule has 2 aromatic carbocycles. The second-order valence-electron chi connectivity index (χ2n) is 10.3. The van der Waals surface area contributed by atoms with Gasteiger partial charge in [-0.05, 0) is 51.3 Å². The van der Waals surface area contributed by atoms with Crippen LogP contribution in [0, 0.1) is 6.92 Å². The van der Waals surface area contributed by atoms with E-state index in [4.69, 9.17) is 0 Å². The van der Waals surface area contributed by atoms with Crippen LogP contribution in [0.3, 0.4) is 0 Å². The molecule has 1 heterocycles. The van der Waals surface area contributed by atoms with E-state index in [-0.39, 0.29) is 29.5 Å². The zero-order chi connectivity index (χ0) is 28.6. The van der Waals surface area contributed by atoms with Gasteiger partial charge in [-0.1, -0.05) is 61.9 Å². The summed E-state index contributed by atoms with van der Waals surface area (Å²) in [4.78, 5) is 41.5. The van der Waals surface area contributed by atoms with Gasteiger partial charge in [0.05, 0.1) is 11.9 Å². The Hall–Kier alpha value is -3.30. The number of aliphatic hydroxyl groups excluding tert-OH is 1. The molecule has 210 valence electrons. The van der Waals surface area contributed by atoms with Crippen LogP contribution in [0.5, 0.6) is 5.75 Å². The van der Waals surface area contributed by atoms with E-state index >= 15 is 0 Å². The van der Waals surface area contributed by atoms with E-state index in [0.29, 0.717) is 12.1 Å². The number of nitrogens with zero attached hydrogens (tertiary/aromatic N) is 1. The van der Waals surface area contributed by atoms with Gasteiger partial charge in [0.25, 0.3) is 11.8 Å². The lowest BCUT2D eigenvalue weighted by Crippen LogP contribution is -2.58. The summed E-state index contributed by atoms with van der Waals surface area (Å²) in [5, 5.41) is 27.1. The van der Waals surface area contributed by atoms with E-state index in [0.717, 1.165) is 18.4 Å². The Labute approximate surface area is 234 Å². The Bertz CT molecular complexity index is 1180. The van der Waals surface area contributed by atoms with E-state index in [1.54, 1.807) is 19.1 Å². The fourth-order valence-corrected chi connectivity index (χ4v) is 5.74. The summed E-state index contributed by atoms with van der Waals surface area (Å²) >= 11 is 1.47. The summed E-state index contributed by atoms with van der Waals surface area (Å²) in [5.41, 5.74) is 1.47. The number of hydrogen-bond donors (Lipinski definition) is 4. The molecule has 4 N–H and O–H groups in total. The Balaban J connectivity index is 1.83. The van der Waals surface area contributed by atoms with Crippen molar-refractivity contribution in [3.8, 4) is 5.75 Å². The highest BCUT2D eigenvalue weighted by molar-refractivity contribution is 8.00. The Kier molecular flexibility index (Phi) is 10.6. The van der Waals surface area contributed by atoms with Gasteiger partial charge in [0.2, 0.25) is 5.91 Å². The molecule has 0 bridgehead atoms. The number of rotatable bonds is 11. The van der Waals surface area contributed by atoms with Crippen molar-refractivity contribution in [2.45, 2.75) is 69.9 Å². The van der Waals surface area contributed by atoms with Gasteiger partial charge in [0.15, 0.2) is 6.10 Å². The van der Waals surface area contributed by atoms with Crippen LogP contribution in [-0.4, -0.2) is 68.2 Å². The minimum Gasteiger partial charge on any atom is -0.508 e. The van der Waals surface area contributed by atoms with E-state index in [1.165, 1.54) is 22.7 Å². The van der Waals surface area contributed by atoms with Crippen LogP contribution in [0.15, 0.2) is 60.7 Å². The molecular formula is C30H39N3O5S. The van der Waals surface area contributed by atoms with Crippen molar-refractivity contribution < 1.29 is 24.6 Å². The topological polar surface area (TPSA) is 119 Å². The zero-order valence-electron chi connectivity index (χ0n) is 23.0. The summed E-state index contributed by atoms with van der Waals surface area (Å²) in [6.07, 6.45) is 4.44. The predicted octanol–water partition coefficient (Wildman–Crippen LogP) is 3.56. The fraction of sp³-hybridized carbons (Fsp3) is 0.433. The van der Waals surface area contributed by atoms with Crippen LogP contribution in [-0.2, 0) is 16.0 Å². The molecule has 9 heteroatoms. The molecule has 39 heavy (non-hydrogen) atoms. The molecule has 1 fully saturated rings. The van der Waals surface area contributed by atoms with Gasteiger partial charge in [-0.25, -0.2) is 0 Å². The summed E-state index contributed by atoms with van der Waals surface area (Å²) in [7, 11) is 0. The van der Waals surface area contributed by atoms with E-state index in [2.05, 4.69) is 17.6 Å². The molecule has 3 rings (SSSR count). The first-order valence-corrected chi connectivity index (χ1v) is 14.2. The van der Waals surface area contributed by atoms with Crippen LogP contribution < -0.4 is 10.6 Å². The Morgan fingerprint density at radius 1 is 1.13 bits per heavy atom. The van der Waals surface area contributed by atoms with Crippen molar-refractivity contribution in [3.05, 3.63) is 77.4 Å². The quantitative estimate of drug-likeness (QED) is 0.316. The number of benzene rings is 2. The highest BCUT2D eigenvalue weighted by Crippen LogP contribution is 2.39. The number of phenols is 1. The van der Waals surface area contributed by atoms with E-state index < -0.39 is 34.7 Å². The molecule has 1 aliphatic rings. The number of hydrogen-bond acceptors (Lipinski definition) is 6. The third kappa shape index (κ3) is 7.64. The number of amides is 3. The molecule has 0 radical (unpaired) electrons. The first kappa shape index (κ1) is 30.2. The van der Waals surface area contributed by atoms with Crippen molar-refractivity contribution in [1.82, 2.24) is 15.5 Å². The predicted molar refractivity (Wildman–Crippen MR) is 154 cm³/mol. The van der Waals surface area contributed by atoms with Crippen LogP contribution >= 0.6 is 11.8 Å². The fourth-order valence-electron chi connectivity index (χ4n) is 4.60. The third-order valence-electron chi connectivity index (χ3n) is 6.89. The summed E-state index contributed by atoms with van der Waals surface area (Å²) in [5.74, 6) is -1.20. The molecule has 0 aliphatic carbocycles. The molecular weight excluding hydrogens is 514 g/mol. The van der Waals surface area contributed by atoms with Gasteiger partial charge in [0, 0.05) is 22.4 Å². The number of carbonyl (C=O) groups is 3. The molecule has 3 amide bonds. The molecule has 8 nitrogen and oxygen atoms in total. The molecule has 2 aromatic rings. The summed E-state index contributed by atoms with van der Waals surface area (Å²) in [6.45, 7) is 7.87. The number of allylic oxidation sites excluding steroid dienone is 1. The highest BCUT2D eigenvalue weighted by Gasteiger charge is 2.49. The summed E-state index contributed by atoms with van der Waals surface area (Å²) in [6, 6.07) is 12.1. The standard InChI is InChI=1S/C30H39N3O5S/c1-5-6-7-11-17-31-28(37)26-30(3,4)39-19-33(26)29(38)25(35)23(18-21-13-9-8-10-14-21)32-27(36)22-15-12-16-24(34)20(22)2/h7-16,23,25-26,34-35H,5-6,17-19H2,1-4H3,(H,31,37)(H,32,36)/t23-,25-,26?/m0/s1. The molecule has 1 aliphatic heterocycles. The van der Waals surface area contributed by atoms with Gasteiger partial charge < -0.3 is 25.7 Å². The van der Waals surface area contributed by atoms with Crippen LogP contribution in [0.25, 0.3) is 0 Å². The lowest BCUT2D eigenvalue weighted by molar-refractivity contribution is -0.147. The van der Waals surface area contributed by atoms with Crippen molar-refractivity contribution in [2.24, 2.45) is 0 Å². The zero-order valence-corrected chi connectivity index (χ0v) is 23.8. The lowest BCUT2D eigenvalue weighted by atomic mass is 9.96. The van der Waals surface area contributed by atoms with Crippen molar-refractivity contribution in [3.63, 3.8) is 0 Å². The van der Waals surface area contributed by atoms with Crippen molar-refractivity contribution in [2.75, 3.05) is 12.4 Å². The molecule has 0 aromatic heterocycles. The number of carbonyl (C=O) groups excluding carboxylic acids is 3. The minimum absolute atomic E-state index is 0.0198. The first-order chi connectivity index (χ1) is 18.6. The van der Waals surface area contributed by atoms with Gasteiger partial charge in [-0.3, -0.25) is 14.4 Å². The average molecular weight is 554 g/mol. The van der Waals surface area contributed by atoms with Crippen LogP contribution in [0.2, 0.25) is 0 Å². The molecule has 0 spiro atoms. The van der Waals surface area contributed by atoms with Crippen LogP contribution in [0.1, 0.15) is 55.1 Å². The first-order valence-electron chi connectivity index (χ1n) is 13.3. The average Bonchev–Trinajstić information content (AvgIpc) is 3.24. The smallest absolute Gasteiger partial charge is 0.254 e. The monoisotopic (exact) mass is 553 g/mol. The third-order valence-corrected chi connectivity index (χ3v) is 8.27. The Morgan fingerprint density at radius 3 is 2.54 bits per heavy atom. The summed E-state index contributed by atoms with van der Waals surface area (Å²) < 4.78 is -0.566. The lowest BCUT2D eigenvalue weighted by Gasteiger charge is -2.33. The molecule has 0 saturated carbocycles. The van der Waals surface area contributed by atoms with Crippen LogP contribution in [0.4, 0.5) is 0 Å². The Morgan fingerprint density at radius 2 is 1.85 bits per heavy atom. The van der Waals surface area contributed by atoms with Gasteiger partial charge in [0.1, 0.15) is 11.8 Å². The second kappa shape index (κ2) is 13.7. The maximum absolute atomic E-state index is 13.7. The molecule has 1 unspecified atom stereocenters. The number of thioether (sulfide) groups is 1. The van der Waals surface area contributed by atoms with Gasteiger partial charge >= 0.3 is 0 Å². The number of aromatic hydroxyl groups is 1. The second-order valence-corrected chi connectivity index (χ2v) is 11.9.